The fourth-order valence-electron chi connectivity index (χ4n) is 3.08. The van der Waals surface area contributed by atoms with Crippen LogP contribution >= 0.6 is 22.9 Å². The molecule has 0 aliphatic heterocycles. The van der Waals surface area contributed by atoms with Crippen LogP contribution in [0.25, 0.3) is 11.1 Å². The van der Waals surface area contributed by atoms with E-state index in [1.54, 1.807) is 30.3 Å². The lowest BCUT2D eigenvalue weighted by Gasteiger charge is -2.12. The Morgan fingerprint density at radius 1 is 1.10 bits per heavy atom. The molecule has 0 unspecified atom stereocenters. The summed E-state index contributed by atoms with van der Waals surface area (Å²) in [4.78, 5) is 25.7. The Balaban J connectivity index is 1.57. The van der Waals surface area contributed by atoms with E-state index < -0.39 is 0 Å². The molecule has 0 radical (unpaired) electrons. The lowest BCUT2D eigenvalue weighted by Crippen LogP contribution is -2.25. The molecule has 0 atom stereocenters. The van der Waals surface area contributed by atoms with Gasteiger partial charge in [-0.05, 0) is 48.2 Å². The number of nitrogens with one attached hydrogen (secondary N) is 2. The first kappa shape index (κ1) is 20.4. The summed E-state index contributed by atoms with van der Waals surface area (Å²) in [6.45, 7) is 0.232. The van der Waals surface area contributed by atoms with Gasteiger partial charge in [0, 0.05) is 39.8 Å². The van der Waals surface area contributed by atoms with Gasteiger partial charge in [0.15, 0.2) is 0 Å². The molecule has 4 rings (SSSR count). The zero-order valence-electron chi connectivity index (χ0n) is 16.1. The molecule has 1 heterocycles. The maximum Gasteiger partial charge on any atom is 0.267 e. The maximum absolute atomic E-state index is 12.9. The number of nitrogen functional groups attached to an aromatic ring is 1. The quantitative estimate of drug-likeness (QED) is 0.459. The van der Waals surface area contributed by atoms with Gasteiger partial charge in [0.2, 0.25) is 0 Å². The first-order chi connectivity index (χ1) is 14.5. The van der Waals surface area contributed by atoms with Gasteiger partial charge in [-0.1, -0.05) is 29.8 Å². The highest BCUT2D eigenvalue weighted by molar-refractivity contribution is 7.13. The summed E-state index contributed by atoms with van der Waals surface area (Å²) in [6.07, 6.45) is 2.01. The van der Waals surface area contributed by atoms with E-state index in [1.165, 1.54) is 11.3 Å². The lowest BCUT2D eigenvalue weighted by molar-refractivity contribution is 0.0949. The van der Waals surface area contributed by atoms with Gasteiger partial charge in [-0.2, -0.15) is 0 Å². The van der Waals surface area contributed by atoms with Crippen molar-refractivity contribution in [3.05, 3.63) is 68.9 Å². The molecule has 6 N–H and O–H groups in total. The van der Waals surface area contributed by atoms with Gasteiger partial charge in [-0.3, -0.25) is 9.59 Å². The van der Waals surface area contributed by atoms with Crippen LogP contribution in [0.3, 0.4) is 0 Å². The largest absolute Gasteiger partial charge is 0.397 e. The standard InChI is InChI=1S/C22H21ClN4O2S/c23-15-5-3-12(4-6-15)17-11-30-20(19(17)25)22(29)27-18-9-13(1-2-14(18)10-24)21(28)26-16-7-8-16/h1-6,9,11,16H,7-8,10,24-25H2,(H,26,28)(H,27,29). The van der Waals surface area contributed by atoms with E-state index in [0.29, 0.717) is 26.8 Å². The number of amides is 2. The fraction of sp³-hybridized carbons (Fsp3) is 0.182. The molecule has 1 aromatic heterocycles. The predicted molar refractivity (Wildman–Crippen MR) is 122 cm³/mol. The Bertz CT molecular complexity index is 1110. The number of rotatable bonds is 6. The van der Waals surface area contributed by atoms with E-state index in [0.717, 1.165) is 29.5 Å². The minimum atomic E-state index is -0.341. The van der Waals surface area contributed by atoms with Crippen molar-refractivity contribution in [2.45, 2.75) is 25.4 Å². The molecule has 154 valence electrons. The van der Waals surface area contributed by atoms with Crippen molar-refractivity contribution < 1.29 is 9.59 Å². The van der Waals surface area contributed by atoms with Gasteiger partial charge in [0.05, 0.1) is 5.69 Å². The van der Waals surface area contributed by atoms with Crippen molar-refractivity contribution in [3.63, 3.8) is 0 Å². The van der Waals surface area contributed by atoms with Gasteiger partial charge < -0.3 is 22.1 Å². The van der Waals surface area contributed by atoms with Crippen molar-refractivity contribution in [3.8, 4) is 11.1 Å². The monoisotopic (exact) mass is 440 g/mol. The Hall–Kier alpha value is -2.87. The van der Waals surface area contributed by atoms with Crippen molar-refractivity contribution in [2.75, 3.05) is 11.1 Å². The average molecular weight is 441 g/mol. The molecule has 2 aromatic carbocycles. The number of hydrogen-bond acceptors (Lipinski definition) is 5. The average Bonchev–Trinajstić information content (AvgIpc) is 3.47. The lowest BCUT2D eigenvalue weighted by atomic mass is 10.1. The Labute approximate surface area is 183 Å². The third-order valence-electron chi connectivity index (χ3n) is 4.94. The summed E-state index contributed by atoms with van der Waals surface area (Å²) in [5.41, 5.74) is 15.9. The van der Waals surface area contributed by atoms with E-state index in [2.05, 4.69) is 10.6 Å². The minimum Gasteiger partial charge on any atom is -0.397 e. The molecule has 6 nitrogen and oxygen atoms in total. The van der Waals surface area contributed by atoms with Crippen LogP contribution in [-0.2, 0) is 6.54 Å². The molecule has 8 heteroatoms. The van der Waals surface area contributed by atoms with Crippen LogP contribution in [0.2, 0.25) is 5.02 Å². The minimum absolute atomic E-state index is 0.155. The molecular formula is C22H21ClN4O2S. The molecule has 0 bridgehead atoms. The Morgan fingerprint density at radius 2 is 1.83 bits per heavy atom. The van der Waals surface area contributed by atoms with Crippen LogP contribution in [0, 0.1) is 0 Å². The molecule has 0 spiro atoms. The predicted octanol–water partition coefficient (Wildman–Crippen LogP) is 4.25. The number of anilines is 2. The van der Waals surface area contributed by atoms with Gasteiger partial charge in [0.25, 0.3) is 11.8 Å². The second-order valence-electron chi connectivity index (χ2n) is 7.18. The summed E-state index contributed by atoms with van der Waals surface area (Å²) < 4.78 is 0. The highest BCUT2D eigenvalue weighted by atomic mass is 35.5. The molecule has 0 saturated heterocycles. The van der Waals surface area contributed by atoms with Gasteiger partial charge in [-0.25, -0.2) is 0 Å². The van der Waals surface area contributed by atoms with E-state index in [1.807, 2.05) is 17.5 Å². The van der Waals surface area contributed by atoms with Crippen LogP contribution in [0.5, 0.6) is 0 Å². The molecule has 3 aromatic rings. The zero-order valence-corrected chi connectivity index (χ0v) is 17.6. The van der Waals surface area contributed by atoms with Gasteiger partial charge >= 0.3 is 0 Å². The number of benzene rings is 2. The summed E-state index contributed by atoms with van der Waals surface area (Å²) in [7, 11) is 0. The molecule has 1 saturated carbocycles. The van der Waals surface area contributed by atoms with Crippen molar-refractivity contribution in [2.24, 2.45) is 5.73 Å². The van der Waals surface area contributed by atoms with E-state index >= 15 is 0 Å². The van der Waals surface area contributed by atoms with Crippen LogP contribution in [0.15, 0.2) is 47.8 Å². The maximum atomic E-state index is 12.9. The second kappa shape index (κ2) is 8.47. The summed E-state index contributed by atoms with van der Waals surface area (Å²) >= 11 is 7.21. The SMILES string of the molecule is NCc1ccc(C(=O)NC2CC2)cc1NC(=O)c1scc(-c2ccc(Cl)cc2)c1N. The Morgan fingerprint density at radius 3 is 2.50 bits per heavy atom. The number of hydrogen-bond donors (Lipinski definition) is 4. The van der Waals surface area contributed by atoms with Crippen LogP contribution in [0.1, 0.15) is 38.4 Å². The molecule has 30 heavy (non-hydrogen) atoms. The number of halogens is 1. The highest BCUT2D eigenvalue weighted by Crippen LogP contribution is 2.35. The van der Waals surface area contributed by atoms with Crippen molar-refractivity contribution in [1.82, 2.24) is 5.32 Å². The van der Waals surface area contributed by atoms with Crippen LogP contribution in [0.4, 0.5) is 11.4 Å². The number of carbonyl (C=O) groups excluding carboxylic acids is 2. The topological polar surface area (TPSA) is 110 Å². The second-order valence-corrected chi connectivity index (χ2v) is 8.49. The zero-order chi connectivity index (χ0) is 21.3. The van der Waals surface area contributed by atoms with Crippen LogP contribution in [-0.4, -0.2) is 17.9 Å². The number of nitrogens with two attached hydrogens (primary N) is 2. The Kier molecular flexibility index (Phi) is 5.76. The third kappa shape index (κ3) is 4.33. The molecule has 1 fully saturated rings. The van der Waals surface area contributed by atoms with Crippen molar-refractivity contribution in [1.29, 1.82) is 0 Å². The third-order valence-corrected chi connectivity index (χ3v) is 6.19. The smallest absolute Gasteiger partial charge is 0.267 e. The summed E-state index contributed by atoms with van der Waals surface area (Å²) in [5.74, 6) is -0.496. The normalized spacial score (nSPS) is 13.1. The van der Waals surface area contributed by atoms with Crippen LogP contribution < -0.4 is 22.1 Å². The number of thiophene rings is 1. The summed E-state index contributed by atoms with van der Waals surface area (Å²) in [5, 5.41) is 8.29. The molecule has 1 aliphatic rings. The van der Waals surface area contributed by atoms with E-state index in [4.69, 9.17) is 23.1 Å². The summed E-state index contributed by atoms with van der Waals surface area (Å²) in [6, 6.07) is 12.7. The first-order valence-corrected chi connectivity index (χ1v) is 10.8. The highest BCUT2D eigenvalue weighted by Gasteiger charge is 2.24. The van der Waals surface area contributed by atoms with Crippen molar-refractivity contribution >= 4 is 46.1 Å². The molecular weight excluding hydrogens is 420 g/mol. The number of carbonyl (C=O) groups is 2. The van der Waals surface area contributed by atoms with E-state index in [-0.39, 0.29) is 24.4 Å². The molecule has 1 aliphatic carbocycles. The van der Waals surface area contributed by atoms with Gasteiger partial charge in [-0.15, -0.1) is 11.3 Å². The first-order valence-electron chi connectivity index (χ1n) is 9.54. The van der Waals surface area contributed by atoms with Gasteiger partial charge in [0.1, 0.15) is 4.88 Å². The molecule has 2 amide bonds. The van der Waals surface area contributed by atoms with E-state index in [9.17, 15) is 9.59 Å². The fourth-order valence-corrected chi connectivity index (χ4v) is 4.10.